The number of hydrogen-bond acceptors (Lipinski definition) is 5. The molecule has 0 saturated heterocycles. The van der Waals surface area contributed by atoms with E-state index in [-0.39, 0.29) is 12.5 Å². The van der Waals surface area contributed by atoms with Gasteiger partial charge in [-0.1, -0.05) is 67.6 Å². The van der Waals surface area contributed by atoms with Gasteiger partial charge >= 0.3 is 0 Å². The van der Waals surface area contributed by atoms with Gasteiger partial charge in [-0.2, -0.15) is 0 Å². The smallest absolute Gasteiger partial charge is 0.264 e. The average Bonchev–Trinajstić information content (AvgIpc) is 3.09. The van der Waals surface area contributed by atoms with E-state index in [1.165, 1.54) is 16.9 Å². The van der Waals surface area contributed by atoms with E-state index >= 15 is 0 Å². The van der Waals surface area contributed by atoms with Crippen molar-refractivity contribution >= 4 is 22.4 Å². The minimum atomic E-state index is -0.260. The van der Waals surface area contributed by atoms with Crippen molar-refractivity contribution in [3.63, 3.8) is 0 Å². The number of aromatic nitrogens is 2. The van der Waals surface area contributed by atoms with Gasteiger partial charge in [-0.15, -0.1) is 10.2 Å². The first-order valence-corrected chi connectivity index (χ1v) is 8.85. The van der Waals surface area contributed by atoms with E-state index < -0.39 is 0 Å². The van der Waals surface area contributed by atoms with Crippen molar-refractivity contribution in [3.05, 3.63) is 60.2 Å². The lowest BCUT2D eigenvalue weighted by molar-refractivity contribution is -0.118. The summed E-state index contributed by atoms with van der Waals surface area (Å²) in [7, 11) is 0. The summed E-state index contributed by atoms with van der Waals surface area (Å²) in [4.78, 5) is 12.0. The van der Waals surface area contributed by atoms with Crippen LogP contribution >= 0.6 is 11.3 Å². The number of rotatable bonds is 6. The van der Waals surface area contributed by atoms with Crippen LogP contribution in [-0.2, 0) is 4.79 Å². The average molecular weight is 353 g/mol. The SMILES string of the molecule is CC(C)c1ccc(OCC(=O)Nc2nnc(-c3ccccc3)s2)cc1. The fourth-order valence-electron chi connectivity index (χ4n) is 2.22. The van der Waals surface area contributed by atoms with Crippen molar-refractivity contribution < 1.29 is 9.53 Å². The van der Waals surface area contributed by atoms with Gasteiger partial charge in [-0.3, -0.25) is 10.1 Å². The molecular formula is C19H19N3O2S. The van der Waals surface area contributed by atoms with E-state index in [2.05, 4.69) is 29.4 Å². The largest absolute Gasteiger partial charge is 0.484 e. The second kappa shape index (κ2) is 7.90. The highest BCUT2D eigenvalue weighted by atomic mass is 32.1. The first-order chi connectivity index (χ1) is 12.1. The normalized spacial score (nSPS) is 10.7. The van der Waals surface area contributed by atoms with E-state index in [4.69, 9.17) is 4.74 Å². The molecule has 0 unspecified atom stereocenters. The number of hydrogen-bond donors (Lipinski definition) is 1. The van der Waals surface area contributed by atoms with Crippen LogP contribution in [0.5, 0.6) is 5.75 Å². The molecule has 128 valence electrons. The highest BCUT2D eigenvalue weighted by Crippen LogP contribution is 2.25. The summed E-state index contributed by atoms with van der Waals surface area (Å²) in [5, 5.41) is 12.0. The van der Waals surface area contributed by atoms with Crippen LogP contribution in [0.4, 0.5) is 5.13 Å². The van der Waals surface area contributed by atoms with Crippen molar-refractivity contribution in [2.45, 2.75) is 19.8 Å². The Hall–Kier alpha value is -2.73. The zero-order valence-corrected chi connectivity index (χ0v) is 14.9. The number of anilines is 1. The molecular weight excluding hydrogens is 334 g/mol. The second-order valence-electron chi connectivity index (χ2n) is 5.84. The molecule has 0 atom stereocenters. The molecule has 0 aliphatic rings. The highest BCUT2D eigenvalue weighted by molar-refractivity contribution is 7.18. The van der Waals surface area contributed by atoms with E-state index in [0.717, 1.165) is 10.6 Å². The predicted molar refractivity (Wildman–Crippen MR) is 100 cm³/mol. The van der Waals surface area contributed by atoms with Gasteiger partial charge in [-0.25, -0.2) is 0 Å². The number of nitrogens with one attached hydrogen (secondary N) is 1. The second-order valence-corrected chi connectivity index (χ2v) is 6.82. The first-order valence-electron chi connectivity index (χ1n) is 8.03. The van der Waals surface area contributed by atoms with Gasteiger partial charge in [0.2, 0.25) is 5.13 Å². The van der Waals surface area contributed by atoms with Gasteiger partial charge in [0.1, 0.15) is 10.8 Å². The van der Waals surface area contributed by atoms with Gasteiger partial charge < -0.3 is 4.74 Å². The topological polar surface area (TPSA) is 64.1 Å². The lowest BCUT2D eigenvalue weighted by atomic mass is 10.0. The summed E-state index contributed by atoms with van der Waals surface area (Å²) in [5.74, 6) is 0.874. The van der Waals surface area contributed by atoms with Gasteiger partial charge in [0.15, 0.2) is 6.61 Å². The molecule has 0 aliphatic carbocycles. The molecule has 1 heterocycles. The highest BCUT2D eigenvalue weighted by Gasteiger charge is 2.10. The van der Waals surface area contributed by atoms with Crippen LogP contribution in [-0.4, -0.2) is 22.7 Å². The van der Waals surface area contributed by atoms with E-state index in [1.54, 1.807) is 0 Å². The molecule has 5 nitrogen and oxygen atoms in total. The van der Waals surface area contributed by atoms with E-state index in [9.17, 15) is 4.79 Å². The standard InChI is InChI=1S/C19H19N3O2S/c1-13(2)14-8-10-16(11-9-14)24-12-17(23)20-19-22-21-18(25-19)15-6-4-3-5-7-15/h3-11,13H,12H2,1-2H3,(H,20,22,23). The van der Waals surface area contributed by atoms with Crippen molar-refractivity contribution in [2.75, 3.05) is 11.9 Å². The Labute approximate surface area is 150 Å². The maximum absolute atomic E-state index is 12.0. The quantitative estimate of drug-likeness (QED) is 0.716. The monoisotopic (exact) mass is 353 g/mol. The van der Waals surface area contributed by atoms with Crippen LogP contribution in [0.3, 0.4) is 0 Å². The van der Waals surface area contributed by atoms with Gasteiger partial charge in [0.25, 0.3) is 5.91 Å². The Morgan fingerprint density at radius 3 is 2.48 bits per heavy atom. The van der Waals surface area contributed by atoms with E-state index in [0.29, 0.717) is 16.8 Å². The third-order valence-corrected chi connectivity index (χ3v) is 4.50. The van der Waals surface area contributed by atoms with Crippen molar-refractivity contribution in [1.82, 2.24) is 10.2 Å². The molecule has 0 spiro atoms. The minimum Gasteiger partial charge on any atom is -0.484 e. The van der Waals surface area contributed by atoms with Crippen LogP contribution in [0.1, 0.15) is 25.3 Å². The first kappa shape index (κ1) is 17.1. The zero-order chi connectivity index (χ0) is 17.6. The third kappa shape index (κ3) is 4.64. The molecule has 3 rings (SSSR count). The van der Waals surface area contributed by atoms with Crippen LogP contribution in [0.15, 0.2) is 54.6 Å². The minimum absolute atomic E-state index is 0.0682. The summed E-state index contributed by atoms with van der Waals surface area (Å²) in [6, 6.07) is 17.5. The van der Waals surface area contributed by atoms with Crippen LogP contribution in [0, 0.1) is 0 Å². The molecule has 1 aromatic heterocycles. The summed E-state index contributed by atoms with van der Waals surface area (Å²) >= 11 is 1.33. The lowest BCUT2D eigenvalue weighted by Crippen LogP contribution is -2.20. The molecule has 25 heavy (non-hydrogen) atoms. The lowest BCUT2D eigenvalue weighted by Gasteiger charge is -2.08. The van der Waals surface area contributed by atoms with Crippen molar-refractivity contribution in [3.8, 4) is 16.3 Å². The molecule has 0 radical (unpaired) electrons. The van der Waals surface area contributed by atoms with Gasteiger partial charge in [-0.05, 0) is 23.6 Å². The Kier molecular flexibility index (Phi) is 5.40. The number of carbonyl (C=O) groups excluding carboxylic acids is 1. The number of amides is 1. The Morgan fingerprint density at radius 2 is 1.80 bits per heavy atom. The summed E-state index contributed by atoms with van der Waals surface area (Å²) in [6.45, 7) is 4.20. The van der Waals surface area contributed by atoms with Crippen LogP contribution < -0.4 is 10.1 Å². The summed E-state index contributed by atoms with van der Waals surface area (Å²) < 4.78 is 5.51. The third-order valence-electron chi connectivity index (χ3n) is 3.61. The van der Waals surface area contributed by atoms with Gasteiger partial charge in [0.05, 0.1) is 0 Å². The molecule has 0 fully saturated rings. The molecule has 6 heteroatoms. The number of carbonyl (C=O) groups is 1. The fraction of sp³-hybridized carbons (Fsp3) is 0.211. The Bertz CT molecular complexity index is 829. The van der Waals surface area contributed by atoms with E-state index in [1.807, 2.05) is 54.6 Å². The Morgan fingerprint density at radius 1 is 1.08 bits per heavy atom. The number of ether oxygens (including phenoxy) is 1. The van der Waals surface area contributed by atoms with Crippen LogP contribution in [0.25, 0.3) is 10.6 Å². The molecule has 1 N–H and O–H groups in total. The summed E-state index contributed by atoms with van der Waals surface area (Å²) in [5.41, 5.74) is 2.21. The molecule has 0 bridgehead atoms. The van der Waals surface area contributed by atoms with Crippen molar-refractivity contribution in [1.29, 1.82) is 0 Å². The molecule has 0 saturated carbocycles. The number of nitrogens with zero attached hydrogens (tertiary/aromatic N) is 2. The maximum atomic E-state index is 12.0. The van der Waals surface area contributed by atoms with Crippen molar-refractivity contribution in [2.24, 2.45) is 0 Å². The maximum Gasteiger partial charge on any atom is 0.264 e. The fourth-order valence-corrected chi connectivity index (χ4v) is 2.99. The van der Waals surface area contributed by atoms with Crippen LogP contribution in [0.2, 0.25) is 0 Å². The molecule has 3 aromatic rings. The Balaban J connectivity index is 1.53. The number of benzene rings is 2. The zero-order valence-electron chi connectivity index (χ0n) is 14.1. The van der Waals surface area contributed by atoms with Gasteiger partial charge in [0, 0.05) is 5.56 Å². The molecule has 0 aliphatic heterocycles. The molecule has 2 aromatic carbocycles. The summed E-state index contributed by atoms with van der Waals surface area (Å²) in [6.07, 6.45) is 0. The molecule has 1 amide bonds. The predicted octanol–water partition coefficient (Wildman–Crippen LogP) is 4.35.